The molecule has 1 aromatic carbocycles. The van der Waals surface area contributed by atoms with Crippen LogP contribution in [0.3, 0.4) is 0 Å². The van der Waals surface area contributed by atoms with E-state index in [2.05, 4.69) is 5.32 Å². The van der Waals surface area contributed by atoms with Gasteiger partial charge in [-0.05, 0) is 80.9 Å². The molecule has 230 valence electrons. The van der Waals surface area contributed by atoms with Crippen molar-refractivity contribution in [3.8, 4) is 5.75 Å². The molecule has 42 heavy (non-hydrogen) atoms. The maximum atomic E-state index is 13.5. The number of carbonyl (C=O) groups excluding carboxylic acids is 4. The molecular weight excluding hydrogens is 532 g/mol. The molecular formula is C33H48N4O5. The molecule has 2 aliphatic carbocycles. The van der Waals surface area contributed by atoms with Crippen LogP contribution < -0.4 is 5.32 Å². The van der Waals surface area contributed by atoms with E-state index in [1.807, 2.05) is 17.0 Å². The average molecular weight is 581 g/mol. The number of nitrogens with one attached hydrogen (secondary N) is 1. The van der Waals surface area contributed by atoms with Crippen LogP contribution in [0.4, 0.5) is 0 Å². The lowest BCUT2D eigenvalue weighted by atomic mass is 9.88. The van der Waals surface area contributed by atoms with Crippen LogP contribution in [0.1, 0.15) is 89.0 Å². The fourth-order valence-corrected chi connectivity index (χ4v) is 7.52. The molecule has 0 unspecified atom stereocenters. The molecule has 2 saturated carbocycles. The monoisotopic (exact) mass is 580 g/mol. The molecule has 2 saturated heterocycles. The van der Waals surface area contributed by atoms with Gasteiger partial charge in [-0.1, -0.05) is 50.7 Å². The van der Waals surface area contributed by atoms with Gasteiger partial charge in [-0.3, -0.25) is 19.2 Å². The normalized spacial score (nSPS) is 24.8. The fourth-order valence-electron chi connectivity index (χ4n) is 7.52. The summed E-state index contributed by atoms with van der Waals surface area (Å²) in [4.78, 5) is 57.0. The van der Waals surface area contributed by atoms with Crippen LogP contribution in [0.25, 0.3) is 0 Å². The fraction of sp³-hybridized carbons (Fsp3) is 0.697. The highest BCUT2D eigenvalue weighted by molar-refractivity contribution is 6.36. The van der Waals surface area contributed by atoms with Gasteiger partial charge in [0.25, 0.3) is 0 Å². The van der Waals surface area contributed by atoms with E-state index in [4.69, 9.17) is 0 Å². The number of rotatable bonds is 11. The molecule has 9 nitrogen and oxygen atoms in total. The Bertz CT molecular complexity index is 1100. The molecule has 4 fully saturated rings. The zero-order chi connectivity index (χ0) is 29.5. The Hall–Kier alpha value is -3.10. The SMILES string of the molecule is O=C1NC[C@@H](CCCCN2C[C@H](Cc3ccc(O)cc3)N(CC3CCCCC3)C(=O)C2=O)N(CC2CCCCC2)C1=O. The smallest absolute Gasteiger partial charge is 0.312 e. The molecule has 5 rings (SSSR count). The minimum Gasteiger partial charge on any atom is -0.508 e. The number of hydrogen-bond acceptors (Lipinski definition) is 5. The van der Waals surface area contributed by atoms with E-state index in [1.54, 1.807) is 21.9 Å². The number of amides is 4. The second-order valence-corrected chi connectivity index (χ2v) is 13.1. The van der Waals surface area contributed by atoms with Crippen LogP contribution in [-0.2, 0) is 25.6 Å². The van der Waals surface area contributed by atoms with Crippen LogP contribution in [0.15, 0.2) is 24.3 Å². The standard InChI is InChI=1S/C33H48N4O5/c38-29-16-14-24(15-17-29)19-28-23-35(32(41)33(42)37(28)22-26-11-5-2-6-12-26)18-8-7-13-27-20-34-30(39)31(40)36(27)21-25-9-3-1-4-10-25/h14-17,25-28,38H,1-13,18-23H2,(H,34,39)/t27-,28+/m1/s1. The van der Waals surface area contributed by atoms with Gasteiger partial charge in [0.15, 0.2) is 0 Å². The van der Waals surface area contributed by atoms with E-state index < -0.39 is 23.6 Å². The van der Waals surface area contributed by atoms with Gasteiger partial charge < -0.3 is 25.1 Å². The van der Waals surface area contributed by atoms with Crippen molar-refractivity contribution < 1.29 is 24.3 Å². The highest BCUT2D eigenvalue weighted by Gasteiger charge is 2.40. The Morgan fingerprint density at radius 2 is 1.31 bits per heavy atom. The first-order valence-electron chi connectivity index (χ1n) is 16.4. The van der Waals surface area contributed by atoms with Crippen molar-refractivity contribution in [1.82, 2.24) is 20.0 Å². The Morgan fingerprint density at radius 3 is 1.93 bits per heavy atom. The van der Waals surface area contributed by atoms with Gasteiger partial charge in [0.05, 0.1) is 6.04 Å². The number of piperazine rings is 2. The molecule has 0 bridgehead atoms. The van der Waals surface area contributed by atoms with Crippen LogP contribution in [-0.4, -0.2) is 88.2 Å². The largest absolute Gasteiger partial charge is 0.508 e. The van der Waals surface area contributed by atoms with Gasteiger partial charge in [0.1, 0.15) is 5.75 Å². The number of phenols is 1. The minimum absolute atomic E-state index is 0.0240. The van der Waals surface area contributed by atoms with Gasteiger partial charge in [-0.15, -0.1) is 0 Å². The summed E-state index contributed by atoms with van der Waals surface area (Å²) in [6.07, 6.45) is 14.6. The van der Waals surface area contributed by atoms with Crippen LogP contribution in [0, 0.1) is 11.8 Å². The Morgan fingerprint density at radius 1 is 0.714 bits per heavy atom. The first kappa shape index (κ1) is 30.4. The summed E-state index contributed by atoms with van der Waals surface area (Å²) in [6, 6.07) is 7.00. The molecule has 2 aliphatic heterocycles. The number of aromatic hydroxyl groups is 1. The molecule has 4 amide bonds. The molecule has 0 radical (unpaired) electrons. The first-order chi connectivity index (χ1) is 20.4. The zero-order valence-corrected chi connectivity index (χ0v) is 25.0. The molecule has 2 atom stereocenters. The van der Waals surface area contributed by atoms with E-state index in [1.165, 1.54) is 38.5 Å². The third kappa shape index (κ3) is 7.64. The lowest BCUT2D eigenvalue weighted by Gasteiger charge is -2.42. The summed E-state index contributed by atoms with van der Waals surface area (Å²) >= 11 is 0. The lowest BCUT2D eigenvalue weighted by Crippen LogP contribution is -2.61. The summed E-state index contributed by atoms with van der Waals surface area (Å²) in [5, 5.41) is 12.5. The summed E-state index contributed by atoms with van der Waals surface area (Å²) in [7, 11) is 0. The third-order valence-corrected chi connectivity index (χ3v) is 9.98. The Balaban J connectivity index is 1.18. The van der Waals surface area contributed by atoms with Crippen molar-refractivity contribution in [3.63, 3.8) is 0 Å². The lowest BCUT2D eigenvalue weighted by molar-refractivity contribution is -0.159. The number of benzene rings is 1. The van der Waals surface area contributed by atoms with E-state index in [-0.39, 0.29) is 17.8 Å². The van der Waals surface area contributed by atoms with E-state index >= 15 is 0 Å². The predicted octanol–water partition coefficient (Wildman–Crippen LogP) is 3.63. The van der Waals surface area contributed by atoms with Gasteiger partial charge in [0, 0.05) is 38.8 Å². The quantitative estimate of drug-likeness (QED) is 0.307. The number of nitrogens with zero attached hydrogens (tertiary/aromatic N) is 3. The van der Waals surface area contributed by atoms with Crippen LogP contribution in [0.2, 0.25) is 0 Å². The first-order valence-corrected chi connectivity index (χ1v) is 16.4. The van der Waals surface area contributed by atoms with Crippen LogP contribution >= 0.6 is 0 Å². The van der Waals surface area contributed by atoms with Gasteiger partial charge >= 0.3 is 23.6 Å². The number of hydrogen-bond donors (Lipinski definition) is 2. The van der Waals surface area contributed by atoms with Crippen molar-refractivity contribution in [2.75, 3.05) is 32.7 Å². The Labute approximate surface area is 250 Å². The van der Waals surface area contributed by atoms with Crippen molar-refractivity contribution in [2.45, 2.75) is 102 Å². The van der Waals surface area contributed by atoms with E-state index in [0.29, 0.717) is 51.0 Å². The van der Waals surface area contributed by atoms with Crippen molar-refractivity contribution >= 4 is 23.6 Å². The molecule has 9 heteroatoms. The van der Waals surface area contributed by atoms with Crippen LogP contribution in [0.5, 0.6) is 5.75 Å². The van der Waals surface area contributed by atoms with Gasteiger partial charge in [-0.25, -0.2) is 0 Å². The second kappa shape index (κ2) is 14.4. The zero-order valence-electron chi connectivity index (χ0n) is 25.0. The maximum absolute atomic E-state index is 13.5. The highest BCUT2D eigenvalue weighted by Crippen LogP contribution is 2.29. The summed E-state index contributed by atoms with van der Waals surface area (Å²) in [5.41, 5.74) is 1.04. The molecule has 0 aromatic heterocycles. The second-order valence-electron chi connectivity index (χ2n) is 13.1. The molecule has 0 spiro atoms. The van der Waals surface area contributed by atoms with Crippen molar-refractivity contribution in [1.29, 1.82) is 0 Å². The average Bonchev–Trinajstić information content (AvgIpc) is 3.01. The number of unbranched alkanes of at least 4 members (excludes halogenated alkanes) is 1. The molecule has 1 aromatic rings. The van der Waals surface area contributed by atoms with Crippen molar-refractivity contribution in [2.24, 2.45) is 11.8 Å². The van der Waals surface area contributed by atoms with Crippen molar-refractivity contribution in [3.05, 3.63) is 29.8 Å². The summed E-state index contributed by atoms with van der Waals surface area (Å²) < 4.78 is 0. The number of phenolic OH excluding ortho intramolecular Hbond substituents is 1. The highest BCUT2D eigenvalue weighted by atomic mass is 16.3. The minimum atomic E-state index is -0.503. The maximum Gasteiger partial charge on any atom is 0.312 e. The summed E-state index contributed by atoms with van der Waals surface area (Å²) in [5.74, 6) is -0.594. The topological polar surface area (TPSA) is 110 Å². The predicted molar refractivity (Wildman–Crippen MR) is 159 cm³/mol. The third-order valence-electron chi connectivity index (χ3n) is 9.98. The van der Waals surface area contributed by atoms with Gasteiger partial charge in [-0.2, -0.15) is 0 Å². The van der Waals surface area contributed by atoms with Gasteiger partial charge in [0.2, 0.25) is 0 Å². The summed E-state index contributed by atoms with van der Waals surface area (Å²) in [6.45, 7) is 2.78. The molecule has 4 aliphatic rings. The van der Waals surface area contributed by atoms with E-state index in [0.717, 1.165) is 50.5 Å². The van der Waals surface area contributed by atoms with E-state index in [9.17, 15) is 24.3 Å². The molecule has 2 heterocycles. The Kier molecular flexibility index (Phi) is 10.4. The molecule has 2 N–H and O–H groups in total. The number of carbonyl (C=O) groups is 4.